The number of hydrogen-bond acceptors (Lipinski definition) is 4. The first-order valence-electron chi connectivity index (χ1n) is 4.70. The van der Waals surface area contributed by atoms with Crippen LogP contribution < -0.4 is 4.74 Å². The fraction of sp³-hybridized carbons (Fsp3) is 0.273. The van der Waals surface area contributed by atoms with Crippen LogP contribution in [0, 0.1) is 0 Å². The van der Waals surface area contributed by atoms with Crippen molar-refractivity contribution >= 4 is 11.8 Å². The molecule has 4 nitrogen and oxygen atoms in total. The van der Waals surface area contributed by atoms with E-state index in [1.165, 1.54) is 25.1 Å². The summed E-state index contributed by atoms with van der Waals surface area (Å²) < 4.78 is 32.5. The van der Waals surface area contributed by atoms with E-state index in [1.807, 2.05) is 0 Å². The Morgan fingerprint density at radius 1 is 1.35 bits per heavy atom. The largest absolute Gasteiger partial charge is 0.457 e. The molecule has 1 aromatic carbocycles. The molecular formula is C11H10F2O4. The van der Waals surface area contributed by atoms with E-state index < -0.39 is 25.0 Å². The standard InChI is InChI=1S/C11H10F2O4/c1-7(14)16-6-10(15)8-3-2-4-9(5-8)17-11(12)13/h2-5,11H,6H2,1H3. The second-order valence-corrected chi connectivity index (χ2v) is 3.11. The first-order valence-corrected chi connectivity index (χ1v) is 4.70. The summed E-state index contributed by atoms with van der Waals surface area (Å²) in [4.78, 5) is 22.0. The van der Waals surface area contributed by atoms with Crippen molar-refractivity contribution in [1.82, 2.24) is 0 Å². The normalized spacial score (nSPS) is 10.1. The molecule has 1 rings (SSSR count). The fourth-order valence-electron chi connectivity index (χ4n) is 1.10. The number of ketones is 1. The monoisotopic (exact) mass is 244 g/mol. The number of rotatable bonds is 5. The van der Waals surface area contributed by atoms with Crippen molar-refractivity contribution in [3.8, 4) is 5.75 Å². The number of ether oxygens (including phenoxy) is 2. The van der Waals surface area contributed by atoms with Crippen molar-refractivity contribution < 1.29 is 27.8 Å². The van der Waals surface area contributed by atoms with Crippen LogP contribution in [0.5, 0.6) is 5.75 Å². The number of hydrogen-bond donors (Lipinski definition) is 0. The van der Waals surface area contributed by atoms with Gasteiger partial charge in [0.25, 0.3) is 0 Å². The topological polar surface area (TPSA) is 52.6 Å². The molecule has 0 spiro atoms. The Balaban J connectivity index is 2.70. The quantitative estimate of drug-likeness (QED) is 0.587. The number of benzene rings is 1. The molecule has 0 aliphatic rings. The van der Waals surface area contributed by atoms with E-state index >= 15 is 0 Å². The molecule has 0 fully saturated rings. The molecule has 0 saturated heterocycles. The molecule has 0 unspecified atom stereocenters. The van der Waals surface area contributed by atoms with E-state index in [9.17, 15) is 18.4 Å². The lowest BCUT2D eigenvalue weighted by molar-refractivity contribution is -0.139. The Morgan fingerprint density at radius 2 is 2.06 bits per heavy atom. The number of carbonyl (C=O) groups excluding carboxylic acids is 2. The van der Waals surface area contributed by atoms with E-state index in [0.29, 0.717) is 0 Å². The van der Waals surface area contributed by atoms with Gasteiger partial charge in [-0.05, 0) is 12.1 Å². The van der Waals surface area contributed by atoms with Crippen LogP contribution in [0.3, 0.4) is 0 Å². The number of alkyl halides is 2. The SMILES string of the molecule is CC(=O)OCC(=O)c1cccc(OC(F)F)c1. The average molecular weight is 244 g/mol. The molecule has 1 aromatic rings. The summed E-state index contributed by atoms with van der Waals surface area (Å²) in [6.07, 6.45) is 0. The highest BCUT2D eigenvalue weighted by molar-refractivity contribution is 5.98. The zero-order valence-corrected chi connectivity index (χ0v) is 8.98. The van der Waals surface area contributed by atoms with Gasteiger partial charge in [-0.25, -0.2) is 0 Å². The van der Waals surface area contributed by atoms with Gasteiger partial charge < -0.3 is 9.47 Å². The van der Waals surface area contributed by atoms with Crippen molar-refractivity contribution in [2.75, 3.05) is 6.61 Å². The summed E-state index contributed by atoms with van der Waals surface area (Å²) in [6, 6.07) is 5.29. The molecule has 0 aromatic heterocycles. The third kappa shape index (κ3) is 4.58. The molecule has 0 amide bonds. The molecule has 0 saturated carbocycles. The maximum atomic E-state index is 11.9. The second-order valence-electron chi connectivity index (χ2n) is 3.11. The zero-order valence-electron chi connectivity index (χ0n) is 8.98. The Labute approximate surface area is 96.1 Å². The molecule has 0 radical (unpaired) electrons. The predicted octanol–water partition coefficient (Wildman–Crippen LogP) is 2.03. The highest BCUT2D eigenvalue weighted by Crippen LogP contribution is 2.16. The van der Waals surface area contributed by atoms with Crippen LogP contribution in [0.2, 0.25) is 0 Å². The number of carbonyl (C=O) groups is 2. The fourth-order valence-corrected chi connectivity index (χ4v) is 1.10. The van der Waals surface area contributed by atoms with Gasteiger partial charge >= 0.3 is 12.6 Å². The van der Waals surface area contributed by atoms with Crippen molar-refractivity contribution in [3.63, 3.8) is 0 Å². The number of Topliss-reactive ketones (excluding diaryl/α,β-unsaturated/α-hetero) is 1. The zero-order chi connectivity index (χ0) is 12.8. The summed E-state index contributed by atoms with van der Waals surface area (Å²) in [6.45, 7) is -2.20. The van der Waals surface area contributed by atoms with Crippen molar-refractivity contribution in [2.45, 2.75) is 13.5 Å². The lowest BCUT2D eigenvalue weighted by Gasteiger charge is -2.06. The highest BCUT2D eigenvalue weighted by atomic mass is 19.3. The Kier molecular flexibility index (Phi) is 4.56. The van der Waals surface area contributed by atoms with Gasteiger partial charge in [-0.15, -0.1) is 0 Å². The van der Waals surface area contributed by atoms with Crippen LogP contribution in [0.15, 0.2) is 24.3 Å². The minimum absolute atomic E-state index is 0.117. The van der Waals surface area contributed by atoms with Gasteiger partial charge in [0.05, 0.1) is 0 Å². The molecule has 0 heterocycles. The number of esters is 1. The summed E-state index contributed by atoms with van der Waals surface area (Å²) in [5.74, 6) is -1.19. The van der Waals surface area contributed by atoms with E-state index in [0.717, 1.165) is 6.07 Å². The van der Waals surface area contributed by atoms with E-state index in [4.69, 9.17) is 0 Å². The summed E-state index contributed by atoms with van der Waals surface area (Å²) in [5, 5.41) is 0. The van der Waals surface area contributed by atoms with Gasteiger partial charge in [0.15, 0.2) is 12.4 Å². The third-order valence-corrected chi connectivity index (χ3v) is 1.79. The van der Waals surface area contributed by atoms with Crippen molar-refractivity contribution in [1.29, 1.82) is 0 Å². The lowest BCUT2D eigenvalue weighted by Crippen LogP contribution is -2.12. The summed E-state index contributed by atoms with van der Waals surface area (Å²) in [7, 11) is 0. The van der Waals surface area contributed by atoms with E-state index in [2.05, 4.69) is 9.47 Å². The lowest BCUT2D eigenvalue weighted by atomic mass is 10.1. The molecule has 0 aliphatic heterocycles. The van der Waals surface area contributed by atoms with Gasteiger partial charge in [-0.2, -0.15) is 8.78 Å². The third-order valence-electron chi connectivity index (χ3n) is 1.79. The van der Waals surface area contributed by atoms with Gasteiger partial charge in [-0.3, -0.25) is 9.59 Å². The predicted molar refractivity (Wildman–Crippen MR) is 54.0 cm³/mol. The van der Waals surface area contributed by atoms with Crippen LogP contribution >= 0.6 is 0 Å². The van der Waals surface area contributed by atoms with E-state index in [-0.39, 0.29) is 11.3 Å². The molecule has 17 heavy (non-hydrogen) atoms. The van der Waals surface area contributed by atoms with Gasteiger partial charge in [0.1, 0.15) is 5.75 Å². The Bertz CT molecular complexity index is 418. The van der Waals surface area contributed by atoms with Crippen LogP contribution in [-0.4, -0.2) is 25.0 Å². The minimum Gasteiger partial charge on any atom is -0.457 e. The van der Waals surface area contributed by atoms with Crippen LogP contribution in [0.1, 0.15) is 17.3 Å². The van der Waals surface area contributed by atoms with Crippen molar-refractivity contribution in [3.05, 3.63) is 29.8 Å². The molecule has 0 atom stereocenters. The smallest absolute Gasteiger partial charge is 0.387 e. The Morgan fingerprint density at radius 3 is 2.65 bits per heavy atom. The first kappa shape index (κ1) is 13.1. The second kappa shape index (κ2) is 5.93. The van der Waals surface area contributed by atoms with Crippen LogP contribution in [-0.2, 0) is 9.53 Å². The molecule has 6 heteroatoms. The molecule has 0 aliphatic carbocycles. The molecule has 0 N–H and O–H groups in total. The maximum Gasteiger partial charge on any atom is 0.387 e. The summed E-state index contributed by atoms with van der Waals surface area (Å²) >= 11 is 0. The van der Waals surface area contributed by atoms with E-state index in [1.54, 1.807) is 0 Å². The van der Waals surface area contributed by atoms with Crippen molar-refractivity contribution in [2.24, 2.45) is 0 Å². The highest BCUT2D eigenvalue weighted by Gasteiger charge is 2.10. The molecule has 92 valence electrons. The maximum absolute atomic E-state index is 11.9. The molecular weight excluding hydrogens is 234 g/mol. The van der Waals surface area contributed by atoms with Gasteiger partial charge in [-0.1, -0.05) is 12.1 Å². The van der Waals surface area contributed by atoms with Gasteiger partial charge in [0, 0.05) is 12.5 Å². The van der Waals surface area contributed by atoms with Crippen LogP contribution in [0.4, 0.5) is 8.78 Å². The number of halogens is 2. The minimum atomic E-state index is -2.95. The van der Waals surface area contributed by atoms with Gasteiger partial charge in [0.2, 0.25) is 0 Å². The van der Waals surface area contributed by atoms with Crippen LogP contribution in [0.25, 0.3) is 0 Å². The molecule has 0 bridgehead atoms. The summed E-state index contributed by atoms with van der Waals surface area (Å²) in [5.41, 5.74) is 0.143. The average Bonchev–Trinajstić information content (AvgIpc) is 2.25. The Hall–Kier alpha value is -1.98. The first-order chi connectivity index (χ1) is 7.99.